The predicted octanol–water partition coefficient (Wildman–Crippen LogP) is 3.15. The van der Waals surface area contributed by atoms with E-state index in [1.807, 2.05) is 18.2 Å². The van der Waals surface area contributed by atoms with Crippen LogP contribution < -0.4 is 0 Å². The minimum atomic E-state index is -0.0428. The smallest absolute Gasteiger partial charge is 0.162 e. The summed E-state index contributed by atoms with van der Waals surface area (Å²) in [7, 11) is 0. The maximum Gasteiger partial charge on any atom is 0.162 e. The van der Waals surface area contributed by atoms with Crippen molar-refractivity contribution in [1.82, 2.24) is 0 Å². The van der Waals surface area contributed by atoms with Crippen LogP contribution in [0, 0.1) is 0 Å². The highest BCUT2D eigenvalue weighted by molar-refractivity contribution is 7.99. The van der Waals surface area contributed by atoms with Gasteiger partial charge in [0.05, 0.1) is 0 Å². The SMILES string of the molecule is Oc1ccc2c(c1O)Cc1ccccc1S2. The van der Waals surface area contributed by atoms with Gasteiger partial charge in [-0.05, 0) is 23.8 Å². The molecule has 0 fully saturated rings. The van der Waals surface area contributed by atoms with Crippen molar-refractivity contribution in [3.63, 3.8) is 0 Å². The molecule has 2 nitrogen and oxygen atoms in total. The number of rotatable bonds is 0. The molecule has 0 saturated heterocycles. The Morgan fingerprint density at radius 1 is 0.938 bits per heavy atom. The van der Waals surface area contributed by atoms with Gasteiger partial charge in [-0.15, -0.1) is 0 Å². The van der Waals surface area contributed by atoms with Crippen LogP contribution in [0.5, 0.6) is 11.5 Å². The molecule has 3 heteroatoms. The van der Waals surface area contributed by atoms with Crippen LogP contribution in [0.1, 0.15) is 11.1 Å². The Hall–Kier alpha value is -1.61. The van der Waals surface area contributed by atoms with Crippen LogP contribution in [0.3, 0.4) is 0 Å². The molecule has 80 valence electrons. The molecule has 2 N–H and O–H groups in total. The Balaban J connectivity index is 2.16. The van der Waals surface area contributed by atoms with Gasteiger partial charge in [-0.2, -0.15) is 0 Å². The van der Waals surface area contributed by atoms with Crippen molar-refractivity contribution >= 4 is 11.8 Å². The number of phenols is 2. The van der Waals surface area contributed by atoms with Gasteiger partial charge >= 0.3 is 0 Å². The van der Waals surface area contributed by atoms with Gasteiger partial charge in [0.25, 0.3) is 0 Å². The second kappa shape index (κ2) is 3.46. The maximum absolute atomic E-state index is 9.81. The van der Waals surface area contributed by atoms with Gasteiger partial charge in [-0.25, -0.2) is 0 Å². The van der Waals surface area contributed by atoms with E-state index < -0.39 is 0 Å². The highest BCUT2D eigenvalue weighted by Gasteiger charge is 2.20. The summed E-state index contributed by atoms with van der Waals surface area (Å²) in [6.45, 7) is 0. The second-order valence-electron chi connectivity index (χ2n) is 3.80. The lowest BCUT2D eigenvalue weighted by molar-refractivity contribution is 0.398. The van der Waals surface area contributed by atoms with Crippen molar-refractivity contribution in [2.24, 2.45) is 0 Å². The van der Waals surface area contributed by atoms with Gasteiger partial charge < -0.3 is 10.2 Å². The van der Waals surface area contributed by atoms with Crippen LogP contribution >= 0.6 is 11.8 Å². The van der Waals surface area contributed by atoms with Gasteiger partial charge in [-0.1, -0.05) is 30.0 Å². The predicted molar refractivity (Wildman–Crippen MR) is 63.1 cm³/mol. The monoisotopic (exact) mass is 230 g/mol. The molecule has 3 rings (SSSR count). The molecule has 0 amide bonds. The van der Waals surface area contributed by atoms with E-state index in [-0.39, 0.29) is 11.5 Å². The molecule has 2 aromatic rings. The van der Waals surface area contributed by atoms with Gasteiger partial charge in [-0.3, -0.25) is 0 Å². The van der Waals surface area contributed by atoms with Crippen molar-refractivity contribution in [3.05, 3.63) is 47.5 Å². The number of benzene rings is 2. The van der Waals surface area contributed by atoms with Crippen molar-refractivity contribution < 1.29 is 10.2 Å². The Morgan fingerprint density at radius 3 is 2.62 bits per heavy atom. The Labute approximate surface area is 97.6 Å². The van der Waals surface area contributed by atoms with Crippen LogP contribution in [-0.2, 0) is 6.42 Å². The molecule has 2 aromatic carbocycles. The quantitative estimate of drug-likeness (QED) is 0.583. The molecule has 1 heterocycles. The van der Waals surface area contributed by atoms with Crippen molar-refractivity contribution in [3.8, 4) is 11.5 Å². The van der Waals surface area contributed by atoms with Crippen molar-refractivity contribution in [2.75, 3.05) is 0 Å². The first-order valence-corrected chi connectivity index (χ1v) is 5.87. The van der Waals surface area contributed by atoms with Crippen molar-refractivity contribution in [2.45, 2.75) is 16.2 Å². The molecule has 0 bridgehead atoms. The molecule has 0 atom stereocenters. The van der Waals surface area contributed by atoms with E-state index in [1.165, 1.54) is 16.5 Å². The third kappa shape index (κ3) is 1.36. The van der Waals surface area contributed by atoms with Crippen LogP contribution in [0.4, 0.5) is 0 Å². The standard InChI is InChI=1S/C13H10O2S/c14-10-5-6-12-9(13(10)15)7-8-3-1-2-4-11(8)16-12/h1-6,14-15H,7H2. The topological polar surface area (TPSA) is 40.5 Å². The van der Waals surface area contributed by atoms with E-state index >= 15 is 0 Å². The summed E-state index contributed by atoms with van der Waals surface area (Å²) < 4.78 is 0. The number of aromatic hydroxyl groups is 2. The minimum Gasteiger partial charge on any atom is -0.504 e. The van der Waals surface area contributed by atoms with Crippen LogP contribution in [0.15, 0.2) is 46.2 Å². The number of hydrogen-bond donors (Lipinski definition) is 2. The van der Waals surface area contributed by atoms with Crippen LogP contribution in [0.2, 0.25) is 0 Å². The number of hydrogen-bond acceptors (Lipinski definition) is 3. The van der Waals surface area contributed by atoms with Gasteiger partial charge in [0.15, 0.2) is 11.5 Å². The molecule has 0 saturated carbocycles. The van der Waals surface area contributed by atoms with E-state index in [4.69, 9.17) is 0 Å². The first-order valence-electron chi connectivity index (χ1n) is 5.05. The first-order chi connectivity index (χ1) is 7.75. The summed E-state index contributed by atoms with van der Waals surface area (Å²) >= 11 is 1.63. The van der Waals surface area contributed by atoms with E-state index in [0.717, 1.165) is 10.5 Å². The fourth-order valence-corrected chi connectivity index (χ4v) is 3.01. The summed E-state index contributed by atoms with van der Waals surface area (Å²) in [6.07, 6.45) is 0.679. The van der Waals surface area contributed by atoms with Crippen molar-refractivity contribution in [1.29, 1.82) is 0 Å². The lowest BCUT2D eigenvalue weighted by Crippen LogP contribution is -1.99. The van der Waals surface area contributed by atoms with E-state index in [2.05, 4.69) is 12.1 Å². The minimum absolute atomic E-state index is 0.0134. The fourth-order valence-electron chi connectivity index (χ4n) is 1.93. The Morgan fingerprint density at radius 2 is 1.75 bits per heavy atom. The first kappa shape index (κ1) is 9.60. The molecule has 0 aromatic heterocycles. The molecule has 16 heavy (non-hydrogen) atoms. The van der Waals surface area contributed by atoms with Crippen LogP contribution in [-0.4, -0.2) is 10.2 Å². The highest BCUT2D eigenvalue weighted by atomic mass is 32.2. The summed E-state index contributed by atoms with van der Waals surface area (Å²) in [4.78, 5) is 2.24. The molecule has 0 aliphatic carbocycles. The highest BCUT2D eigenvalue weighted by Crippen LogP contribution is 2.45. The Kier molecular flexibility index (Phi) is 2.07. The third-order valence-corrected chi connectivity index (χ3v) is 4.00. The summed E-state index contributed by atoms with van der Waals surface area (Å²) in [6, 6.07) is 11.5. The molecule has 1 aliphatic rings. The van der Waals surface area contributed by atoms with Gasteiger partial charge in [0, 0.05) is 21.8 Å². The molecular formula is C13H10O2S. The zero-order chi connectivity index (χ0) is 11.1. The summed E-state index contributed by atoms with van der Waals surface area (Å²) in [5, 5.41) is 19.3. The van der Waals surface area contributed by atoms with Crippen LogP contribution in [0.25, 0.3) is 0 Å². The number of phenolic OH excluding ortho intramolecular Hbond substituents is 2. The Bertz CT molecular complexity index is 564. The zero-order valence-corrected chi connectivity index (χ0v) is 9.29. The summed E-state index contributed by atoms with van der Waals surface area (Å²) in [5.41, 5.74) is 2.02. The largest absolute Gasteiger partial charge is 0.504 e. The van der Waals surface area contributed by atoms with E-state index in [0.29, 0.717) is 6.42 Å². The van der Waals surface area contributed by atoms with Gasteiger partial charge in [0.1, 0.15) is 0 Å². The molecule has 1 aliphatic heterocycles. The average molecular weight is 230 g/mol. The molecule has 0 radical (unpaired) electrons. The van der Waals surface area contributed by atoms with E-state index in [9.17, 15) is 10.2 Å². The molecular weight excluding hydrogens is 220 g/mol. The lowest BCUT2D eigenvalue weighted by atomic mass is 10.0. The maximum atomic E-state index is 9.81. The zero-order valence-electron chi connectivity index (χ0n) is 8.47. The van der Waals surface area contributed by atoms with E-state index in [1.54, 1.807) is 11.8 Å². The van der Waals surface area contributed by atoms with Gasteiger partial charge in [0.2, 0.25) is 0 Å². The summed E-state index contributed by atoms with van der Waals surface area (Å²) in [5.74, 6) is -0.0294. The average Bonchev–Trinajstić information content (AvgIpc) is 2.32. The lowest BCUT2D eigenvalue weighted by Gasteiger charge is -2.19. The number of fused-ring (bicyclic) bond motifs is 2. The third-order valence-electron chi connectivity index (χ3n) is 2.78. The molecule has 0 spiro atoms. The normalized spacial score (nSPS) is 13.0. The second-order valence-corrected chi connectivity index (χ2v) is 4.88. The fraction of sp³-hybridized carbons (Fsp3) is 0.0769. The molecule has 0 unspecified atom stereocenters.